The summed E-state index contributed by atoms with van der Waals surface area (Å²) in [7, 11) is 1.48. The molecule has 3 aliphatic rings. The number of carbonyl (C=O) groups excluding carboxylic acids is 2. The molecular formula is C23H25ClFN3O5. The van der Waals surface area contributed by atoms with Crippen LogP contribution in [0.25, 0.3) is 0 Å². The van der Waals surface area contributed by atoms with Crippen molar-refractivity contribution in [2.45, 2.75) is 49.3 Å². The van der Waals surface area contributed by atoms with E-state index in [2.05, 4.69) is 15.6 Å². The van der Waals surface area contributed by atoms with Gasteiger partial charge in [-0.1, -0.05) is 17.7 Å². The molecule has 0 saturated heterocycles. The van der Waals surface area contributed by atoms with Gasteiger partial charge in [0.15, 0.2) is 6.61 Å². The van der Waals surface area contributed by atoms with E-state index in [0.717, 1.165) is 6.07 Å². The van der Waals surface area contributed by atoms with Crippen LogP contribution in [0.15, 0.2) is 36.4 Å². The third-order valence-electron chi connectivity index (χ3n) is 6.51. The van der Waals surface area contributed by atoms with Gasteiger partial charge in [0.05, 0.1) is 23.8 Å². The van der Waals surface area contributed by atoms with Crippen molar-refractivity contribution in [2.24, 2.45) is 0 Å². The lowest BCUT2D eigenvalue weighted by atomic mass is 9.60. The largest absolute Gasteiger partial charge is 0.484 e. The maximum absolute atomic E-state index is 13.5. The summed E-state index contributed by atoms with van der Waals surface area (Å²) in [6.07, 6.45) is 1.68. The van der Waals surface area contributed by atoms with Gasteiger partial charge < -0.3 is 25.2 Å². The molecule has 8 nitrogen and oxygen atoms in total. The van der Waals surface area contributed by atoms with Crippen LogP contribution >= 0.6 is 11.6 Å². The van der Waals surface area contributed by atoms with Gasteiger partial charge in [0.2, 0.25) is 5.88 Å². The number of ether oxygens (including phenoxy) is 2. The Morgan fingerprint density at radius 2 is 1.97 bits per heavy atom. The Labute approximate surface area is 195 Å². The van der Waals surface area contributed by atoms with Gasteiger partial charge in [-0.05, 0) is 50.3 Å². The maximum atomic E-state index is 13.5. The predicted octanol–water partition coefficient (Wildman–Crippen LogP) is 2.62. The first kappa shape index (κ1) is 23.3. The zero-order chi connectivity index (χ0) is 23.6. The summed E-state index contributed by atoms with van der Waals surface area (Å²) in [5.74, 6) is -0.847. The number of halogens is 2. The smallest absolute Gasteiger partial charge is 0.270 e. The Morgan fingerprint density at radius 3 is 2.64 bits per heavy atom. The summed E-state index contributed by atoms with van der Waals surface area (Å²) in [4.78, 5) is 29.4. The molecule has 176 valence electrons. The number of methoxy groups -OCH3 is 1. The molecule has 0 radical (unpaired) electrons. The predicted molar refractivity (Wildman–Crippen MR) is 118 cm³/mol. The third kappa shape index (κ3) is 4.89. The first-order valence-electron chi connectivity index (χ1n) is 10.6. The molecule has 3 saturated carbocycles. The SMILES string of the molecule is COc1cccc(C(=O)NC23CCC(NC(=O)COc4ccc(Cl)c(F)c4)(CC2)[C@@H](O)C3)n1. The third-order valence-corrected chi connectivity index (χ3v) is 6.82. The van der Waals surface area contributed by atoms with Crippen LogP contribution in [0.5, 0.6) is 11.6 Å². The number of hydrogen-bond donors (Lipinski definition) is 3. The standard InChI is InChI=1S/C23H25ClFN3O5/c1-32-20-4-2-3-17(26-20)21(31)28-22-7-9-23(10-8-22,18(29)12-22)27-19(30)13-33-14-5-6-15(24)16(25)11-14/h2-6,11,18,29H,7-10,12-13H2,1H3,(H,27,30)(H,28,31)/t18-,22?,23?/m0/s1. The van der Waals surface area contributed by atoms with Crippen LogP contribution in [0, 0.1) is 5.82 Å². The normalized spacial score (nSPS) is 25.9. The fourth-order valence-electron chi connectivity index (χ4n) is 4.65. The molecule has 2 aromatic rings. The zero-order valence-corrected chi connectivity index (χ0v) is 18.8. The van der Waals surface area contributed by atoms with E-state index in [0.29, 0.717) is 38.0 Å². The van der Waals surface area contributed by atoms with Gasteiger partial charge in [0.1, 0.15) is 17.3 Å². The average Bonchev–Trinajstić information content (AvgIpc) is 2.81. The second kappa shape index (κ2) is 9.15. The molecule has 5 rings (SSSR count). The number of nitrogens with zero attached hydrogens (tertiary/aromatic N) is 1. The molecule has 10 heteroatoms. The first-order chi connectivity index (χ1) is 15.7. The van der Waals surface area contributed by atoms with E-state index < -0.39 is 28.9 Å². The monoisotopic (exact) mass is 477 g/mol. The van der Waals surface area contributed by atoms with Gasteiger partial charge in [-0.3, -0.25) is 9.59 Å². The fourth-order valence-corrected chi connectivity index (χ4v) is 4.77. The molecule has 3 N–H and O–H groups in total. The molecule has 2 amide bonds. The molecule has 33 heavy (non-hydrogen) atoms. The molecule has 3 fully saturated rings. The second-order valence-corrected chi connectivity index (χ2v) is 9.00. The zero-order valence-electron chi connectivity index (χ0n) is 18.1. The number of fused-ring (bicyclic) bond motifs is 3. The van der Waals surface area contributed by atoms with Crippen molar-refractivity contribution in [2.75, 3.05) is 13.7 Å². The van der Waals surface area contributed by atoms with E-state index >= 15 is 0 Å². The molecular weight excluding hydrogens is 453 g/mol. The Hall–Kier alpha value is -2.91. The second-order valence-electron chi connectivity index (χ2n) is 8.59. The quantitative estimate of drug-likeness (QED) is 0.565. The Bertz CT molecular complexity index is 1060. The van der Waals surface area contributed by atoms with Gasteiger partial charge in [-0.25, -0.2) is 9.37 Å². The summed E-state index contributed by atoms with van der Waals surface area (Å²) < 4.78 is 24.0. The minimum absolute atomic E-state index is 0.0315. The van der Waals surface area contributed by atoms with Crippen LogP contribution in [-0.2, 0) is 4.79 Å². The highest BCUT2D eigenvalue weighted by atomic mass is 35.5. The minimum atomic E-state index is -0.838. The molecule has 3 aliphatic carbocycles. The van der Waals surface area contributed by atoms with E-state index in [1.165, 1.54) is 19.2 Å². The van der Waals surface area contributed by atoms with Crippen molar-refractivity contribution in [1.82, 2.24) is 15.6 Å². The van der Waals surface area contributed by atoms with Crippen molar-refractivity contribution in [3.63, 3.8) is 0 Å². The van der Waals surface area contributed by atoms with Crippen LogP contribution < -0.4 is 20.1 Å². The highest BCUT2D eigenvalue weighted by Gasteiger charge is 2.55. The topological polar surface area (TPSA) is 110 Å². The van der Waals surface area contributed by atoms with Gasteiger partial charge >= 0.3 is 0 Å². The fraction of sp³-hybridized carbons (Fsp3) is 0.435. The Morgan fingerprint density at radius 1 is 1.21 bits per heavy atom. The van der Waals surface area contributed by atoms with Crippen LogP contribution in [0.2, 0.25) is 5.02 Å². The maximum Gasteiger partial charge on any atom is 0.270 e. The van der Waals surface area contributed by atoms with Crippen LogP contribution in [0.1, 0.15) is 42.6 Å². The van der Waals surface area contributed by atoms with E-state index in [4.69, 9.17) is 21.1 Å². The van der Waals surface area contributed by atoms with Crippen LogP contribution in [-0.4, -0.2) is 52.8 Å². The first-order valence-corrected chi connectivity index (χ1v) is 11.0. The Kier molecular flexibility index (Phi) is 6.45. The highest BCUT2D eigenvalue weighted by molar-refractivity contribution is 6.30. The van der Waals surface area contributed by atoms with Gasteiger partial charge in [-0.15, -0.1) is 0 Å². The lowest BCUT2D eigenvalue weighted by molar-refractivity contribution is -0.132. The van der Waals surface area contributed by atoms with Crippen molar-refractivity contribution in [3.05, 3.63) is 52.9 Å². The van der Waals surface area contributed by atoms with E-state index in [-0.39, 0.29) is 29.0 Å². The molecule has 2 bridgehead atoms. The number of nitrogens with one attached hydrogen (secondary N) is 2. The molecule has 0 spiro atoms. The van der Waals surface area contributed by atoms with Crippen LogP contribution in [0.3, 0.4) is 0 Å². The number of amides is 2. The number of pyridine rings is 1. The molecule has 1 heterocycles. The average molecular weight is 478 g/mol. The molecule has 1 atom stereocenters. The summed E-state index contributed by atoms with van der Waals surface area (Å²) in [6, 6.07) is 8.89. The van der Waals surface area contributed by atoms with E-state index in [9.17, 15) is 19.1 Å². The molecule has 0 unspecified atom stereocenters. The highest BCUT2D eigenvalue weighted by Crippen LogP contribution is 2.47. The van der Waals surface area contributed by atoms with E-state index in [1.54, 1.807) is 18.2 Å². The van der Waals surface area contributed by atoms with Crippen molar-refractivity contribution >= 4 is 23.4 Å². The number of rotatable bonds is 7. The number of hydrogen-bond acceptors (Lipinski definition) is 6. The number of aliphatic hydroxyl groups excluding tert-OH is 1. The summed E-state index contributed by atoms with van der Waals surface area (Å²) in [6.45, 7) is -0.321. The summed E-state index contributed by atoms with van der Waals surface area (Å²) >= 11 is 5.65. The van der Waals surface area contributed by atoms with Crippen molar-refractivity contribution < 1.29 is 28.6 Å². The molecule has 1 aromatic carbocycles. The molecule has 1 aromatic heterocycles. The lowest BCUT2D eigenvalue weighted by Gasteiger charge is -2.56. The lowest BCUT2D eigenvalue weighted by Crippen LogP contribution is -2.70. The number of aromatic nitrogens is 1. The van der Waals surface area contributed by atoms with Crippen molar-refractivity contribution in [3.8, 4) is 11.6 Å². The number of benzene rings is 1. The van der Waals surface area contributed by atoms with Gasteiger partial charge in [-0.2, -0.15) is 0 Å². The summed E-state index contributed by atoms with van der Waals surface area (Å²) in [5.41, 5.74) is -1.11. The minimum Gasteiger partial charge on any atom is -0.484 e. The summed E-state index contributed by atoms with van der Waals surface area (Å²) in [5, 5.41) is 16.8. The number of carbonyl (C=O) groups is 2. The van der Waals surface area contributed by atoms with Gasteiger partial charge in [0.25, 0.3) is 11.8 Å². The van der Waals surface area contributed by atoms with Crippen molar-refractivity contribution in [1.29, 1.82) is 0 Å². The van der Waals surface area contributed by atoms with E-state index in [1.807, 2.05) is 0 Å². The van der Waals surface area contributed by atoms with Gasteiger partial charge in [0, 0.05) is 17.7 Å². The Balaban J connectivity index is 1.35. The molecule has 0 aliphatic heterocycles. The number of aliphatic hydroxyl groups is 1. The van der Waals surface area contributed by atoms with Crippen LogP contribution in [0.4, 0.5) is 4.39 Å².